The second-order valence-electron chi connectivity index (χ2n) is 4.23. The van der Waals surface area contributed by atoms with Crippen LogP contribution in [0.2, 0.25) is 0 Å². The number of aromatic nitrogens is 1. The van der Waals surface area contributed by atoms with Crippen molar-refractivity contribution < 1.29 is 5.11 Å². The zero-order chi connectivity index (χ0) is 10.7. The van der Waals surface area contributed by atoms with Gasteiger partial charge in [0.1, 0.15) is 5.01 Å². The molecule has 2 heterocycles. The minimum absolute atomic E-state index is 0.321. The molecule has 4 heteroatoms. The SMILES string of the molecule is C[C@H](c1nccs1)N1CCC[C@H](CO)C1. The van der Waals surface area contributed by atoms with Crippen molar-refractivity contribution in [3.05, 3.63) is 16.6 Å². The van der Waals surface area contributed by atoms with E-state index < -0.39 is 0 Å². The van der Waals surface area contributed by atoms with Crippen LogP contribution >= 0.6 is 11.3 Å². The van der Waals surface area contributed by atoms with E-state index in [0.717, 1.165) is 19.5 Å². The molecule has 1 fully saturated rings. The Labute approximate surface area is 94.8 Å². The minimum atomic E-state index is 0.321. The Balaban J connectivity index is 1.98. The number of nitrogens with zero attached hydrogens (tertiary/aromatic N) is 2. The number of likely N-dealkylation sites (tertiary alicyclic amines) is 1. The van der Waals surface area contributed by atoms with Crippen LogP contribution in [0.25, 0.3) is 0 Å². The Bertz CT molecular complexity index is 289. The highest BCUT2D eigenvalue weighted by Crippen LogP contribution is 2.27. The van der Waals surface area contributed by atoms with Crippen LogP contribution in [0.15, 0.2) is 11.6 Å². The number of piperidine rings is 1. The van der Waals surface area contributed by atoms with Crippen LogP contribution in [0.3, 0.4) is 0 Å². The van der Waals surface area contributed by atoms with E-state index in [1.807, 2.05) is 11.6 Å². The summed E-state index contributed by atoms with van der Waals surface area (Å²) < 4.78 is 0. The Hall–Kier alpha value is -0.450. The van der Waals surface area contributed by atoms with Crippen molar-refractivity contribution in [2.24, 2.45) is 5.92 Å². The predicted octanol–water partition coefficient (Wildman–Crippen LogP) is 1.91. The third-order valence-electron chi connectivity index (χ3n) is 3.17. The van der Waals surface area contributed by atoms with Gasteiger partial charge in [0.25, 0.3) is 0 Å². The average molecular weight is 226 g/mol. The summed E-state index contributed by atoms with van der Waals surface area (Å²) in [6.45, 7) is 4.67. The van der Waals surface area contributed by atoms with Crippen molar-refractivity contribution >= 4 is 11.3 Å². The van der Waals surface area contributed by atoms with Gasteiger partial charge in [0.05, 0.1) is 6.04 Å². The van der Waals surface area contributed by atoms with Gasteiger partial charge in [-0.1, -0.05) is 0 Å². The number of hydrogen-bond donors (Lipinski definition) is 1. The predicted molar refractivity (Wildman–Crippen MR) is 61.9 cm³/mol. The molecule has 0 radical (unpaired) electrons. The maximum Gasteiger partial charge on any atom is 0.109 e. The van der Waals surface area contributed by atoms with Gasteiger partial charge < -0.3 is 5.11 Å². The van der Waals surface area contributed by atoms with Crippen LogP contribution < -0.4 is 0 Å². The standard InChI is InChI=1S/C11H18N2OS/c1-9(11-12-4-6-15-11)13-5-2-3-10(7-13)8-14/h4,6,9-10,14H,2-3,5,7-8H2,1H3/t9-,10+/m1/s1. The molecule has 0 bridgehead atoms. The molecule has 2 atom stereocenters. The van der Waals surface area contributed by atoms with Gasteiger partial charge in [-0.2, -0.15) is 0 Å². The highest BCUT2D eigenvalue weighted by atomic mass is 32.1. The second kappa shape index (κ2) is 5.05. The summed E-state index contributed by atoms with van der Waals surface area (Å²) in [6, 6.07) is 0.402. The number of aliphatic hydroxyl groups is 1. The first-order valence-corrected chi connectivity index (χ1v) is 6.43. The third-order valence-corrected chi connectivity index (χ3v) is 4.11. The summed E-state index contributed by atoms with van der Waals surface area (Å²) in [5, 5.41) is 12.4. The Morgan fingerprint density at radius 2 is 2.60 bits per heavy atom. The molecule has 84 valence electrons. The summed E-state index contributed by atoms with van der Waals surface area (Å²) in [4.78, 5) is 6.79. The van der Waals surface area contributed by atoms with Crippen LogP contribution in [-0.4, -0.2) is 34.7 Å². The minimum Gasteiger partial charge on any atom is -0.396 e. The lowest BCUT2D eigenvalue weighted by Gasteiger charge is -2.35. The van der Waals surface area contributed by atoms with Crippen LogP contribution in [0.4, 0.5) is 0 Å². The molecule has 2 rings (SSSR count). The van der Waals surface area contributed by atoms with Gasteiger partial charge >= 0.3 is 0 Å². The highest BCUT2D eigenvalue weighted by molar-refractivity contribution is 7.09. The molecule has 0 aromatic carbocycles. The van der Waals surface area contributed by atoms with Crippen LogP contribution in [0.5, 0.6) is 0 Å². The lowest BCUT2D eigenvalue weighted by atomic mass is 9.98. The first-order valence-electron chi connectivity index (χ1n) is 5.55. The van der Waals surface area contributed by atoms with E-state index >= 15 is 0 Å². The fourth-order valence-corrected chi connectivity index (χ4v) is 2.92. The molecule has 0 spiro atoms. The molecule has 0 aliphatic carbocycles. The lowest BCUT2D eigenvalue weighted by molar-refractivity contribution is 0.0935. The molecule has 1 aromatic rings. The smallest absolute Gasteiger partial charge is 0.109 e. The van der Waals surface area contributed by atoms with Crippen molar-refractivity contribution in [1.29, 1.82) is 0 Å². The van der Waals surface area contributed by atoms with Gasteiger partial charge in [-0.05, 0) is 32.2 Å². The second-order valence-corrected chi connectivity index (χ2v) is 5.16. The van der Waals surface area contributed by atoms with E-state index in [2.05, 4.69) is 16.8 Å². The molecular formula is C11H18N2OS. The zero-order valence-electron chi connectivity index (χ0n) is 9.09. The van der Waals surface area contributed by atoms with Crippen molar-refractivity contribution in [1.82, 2.24) is 9.88 Å². The van der Waals surface area contributed by atoms with E-state index in [-0.39, 0.29) is 0 Å². The first-order chi connectivity index (χ1) is 7.31. The summed E-state index contributed by atoms with van der Waals surface area (Å²) in [5.74, 6) is 0.459. The lowest BCUT2D eigenvalue weighted by Crippen LogP contribution is -2.38. The maximum absolute atomic E-state index is 9.18. The van der Waals surface area contributed by atoms with E-state index in [1.54, 1.807) is 11.3 Å². The number of aliphatic hydroxyl groups excluding tert-OH is 1. The molecule has 0 saturated carbocycles. The highest BCUT2D eigenvalue weighted by Gasteiger charge is 2.24. The van der Waals surface area contributed by atoms with E-state index in [9.17, 15) is 5.11 Å². The van der Waals surface area contributed by atoms with E-state index in [4.69, 9.17) is 0 Å². The topological polar surface area (TPSA) is 36.4 Å². The zero-order valence-corrected chi connectivity index (χ0v) is 9.91. The van der Waals surface area contributed by atoms with Crippen LogP contribution in [0, 0.1) is 5.92 Å². The molecular weight excluding hydrogens is 208 g/mol. The third kappa shape index (κ3) is 2.56. The van der Waals surface area contributed by atoms with Crippen LogP contribution in [-0.2, 0) is 0 Å². The van der Waals surface area contributed by atoms with Crippen molar-refractivity contribution in [3.63, 3.8) is 0 Å². The molecule has 1 aliphatic heterocycles. The van der Waals surface area contributed by atoms with Gasteiger partial charge in [0, 0.05) is 24.7 Å². The molecule has 1 saturated heterocycles. The van der Waals surface area contributed by atoms with Gasteiger partial charge in [0.2, 0.25) is 0 Å². The fourth-order valence-electron chi connectivity index (χ4n) is 2.20. The van der Waals surface area contributed by atoms with Crippen LogP contribution in [0.1, 0.15) is 30.8 Å². The van der Waals surface area contributed by atoms with Gasteiger partial charge in [-0.15, -0.1) is 11.3 Å². The largest absolute Gasteiger partial charge is 0.396 e. The average Bonchev–Trinajstić information content (AvgIpc) is 2.81. The number of thiazole rings is 1. The van der Waals surface area contributed by atoms with E-state index in [0.29, 0.717) is 18.6 Å². The summed E-state index contributed by atoms with van der Waals surface area (Å²) in [5.41, 5.74) is 0. The molecule has 1 aliphatic rings. The molecule has 1 aromatic heterocycles. The molecule has 0 unspecified atom stereocenters. The fraction of sp³-hybridized carbons (Fsp3) is 0.727. The van der Waals surface area contributed by atoms with E-state index in [1.165, 1.54) is 11.4 Å². The summed E-state index contributed by atoms with van der Waals surface area (Å²) >= 11 is 1.72. The Kier molecular flexibility index (Phi) is 3.72. The summed E-state index contributed by atoms with van der Waals surface area (Å²) in [6.07, 6.45) is 4.22. The number of rotatable bonds is 3. The molecule has 3 nitrogen and oxygen atoms in total. The first kappa shape index (κ1) is 11.0. The quantitative estimate of drug-likeness (QED) is 0.855. The maximum atomic E-state index is 9.18. The molecule has 0 amide bonds. The van der Waals surface area contributed by atoms with Gasteiger partial charge in [-0.3, -0.25) is 4.90 Å². The summed E-state index contributed by atoms with van der Waals surface area (Å²) in [7, 11) is 0. The normalized spacial score (nSPS) is 25.3. The molecule has 1 N–H and O–H groups in total. The van der Waals surface area contributed by atoms with Crippen molar-refractivity contribution in [2.45, 2.75) is 25.8 Å². The Morgan fingerprint density at radius 1 is 1.73 bits per heavy atom. The molecule has 15 heavy (non-hydrogen) atoms. The Morgan fingerprint density at radius 3 is 3.27 bits per heavy atom. The monoisotopic (exact) mass is 226 g/mol. The van der Waals surface area contributed by atoms with Gasteiger partial charge in [-0.25, -0.2) is 4.98 Å². The number of hydrogen-bond acceptors (Lipinski definition) is 4. The van der Waals surface area contributed by atoms with Gasteiger partial charge in [0.15, 0.2) is 0 Å². The van der Waals surface area contributed by atoms with Crippen molar-refractivity contribution in [2.75, 3.05) is 19.7 Å². The van der Waals surface area contributed by atoms with Crippen molar-refractivity contribution in [3.8, 4) is 0 Å².